The number of carbonyl (C=O) groups is 1. The van der Waals surface area contributed by atoms with Crippen LogP contribution in [0.1, 0.15) is 19.8 Å². The van der Waals surface area contributed by atoms with Crippen molar-refractivity contribution in [2.75, 3.05) is 68.7 Å². The number of nitrogens with zero attached hydrogens (tertiary/aromatic N) is 5. The largest absolute Gasteiger partial charge is 0.369 e. The monoisotopic (exact) mass is 458 g/mol. The van der Waals surface area contributed by atoms with Crippen molar-refractivity contribution < 1.29 is 4.79 Å². The fourth-order valence-corrected chi connectivity index (χ4v) is 5.37. The first-order chi connectivity index (χ1) is 16.7. The van der Waals surface area contributed by atoms with Crippen LogP contribution in [-0.2, 0) is 4.79 Å². The summed E-state index contributed by atoms with van der Waals surface area (Å²) in [6.45, 7) is 11.2. The standard InChI is InChI=1S/C27H34N6O/c1-2-30-11-13-31(14-12-30)22-7-5-20(6-8-22)24-19-23-25(9-10-28-26(23)29-24)32-15-17-33(18-16-32)27(34)21-3-4-21/h5-10,19,21H,2-4,11-18H2,1H3,(H,28,29). The van der Waals surface area contributed by atoms with Crippen LogP contribution in [0, 0.1) is 5.92 Å². The van der Waals surface area contributed by atoms with E-state index in [-0.39, 0.29) is 0 Å². The van der Waals surface area contributed by atoms with E-state index >= 15 is 0 Å². The number of nitrogens with one attached hydrogen (secondary N) is 1. The molecule has 0 bridgehead atoms. The lowest BCUT2D eigenvalue weighted by atomic mass is 10.1. The van der Waals surface area contributed by atoms with E-state index in [1.807, 2.05) is 6.20 Å². The summed E-state index contributed by atoms with van der Waals surface area (Å²) in [6.07, 6.45) is 4.04. The Kier molecular flexibility index (Phi) is 5.65. The van der Waals surface area contributed by atoms with Crippen LogP contribution in [0.2, 0.25) is 0 Å². The van der Waals surface area contributed by atoms with Gasteiger partial charge in [-0.2, -0.15) is 0 Å². The summed E-state index contributed by atoms with van der Waals surface area (Å²) in [5.74, 6) is 0.665. The Labute approximate surface area is 201 Å². The molecule has 3 aliphatic rings. The van der Waals surface area contributed by atoms with Gasteiger partial charge in [0, 0.05) is 86.9 Å². The summed E-state index contributed by atoms with van der Waals surface area (Å²) in [5, 5.41) is 1.15. The Hall–Kier alpha value is -3.06. The highest BCUT2D eigenvalue weighted by Gasteiger charge is 2.34. The Morgan fingerprint density at radius 2 is 1.65 bits per heavy atom. The molecule has 1 aliphatic carbocycles. The highest BCUT2D eigenvalue weighted by atomic mass is 16.2. The summed E-state index contributed by atoms with van der Waals surface area (Å²) < 4.78 is 0. The van der Waals surface area contributed by atoms with Gasteiger partial charge in [-0.1, -0.05) is 19.1 Å². The van der Waals surface area contributed by atoms with Crippen LogP contribution in [-0.4, -0.2) is 84.6 Å². The van der Waals surface area contributed by atoms with E-state index < -0.39 is 0 Å². The summed E-state index contributed by atoms with van der Waals surface area (Å²) in [5.41, 5.74) is 5.70. The number of benzene rings is 1. The smallest absolute Gasteiger partial charge is 0.225 e. The van der Waals surface area contributed by atoms with Gasteiger partial charge in [0.15, 0.2) is 0 Å². The van der Waals surface area contributed by atoms with Crippen LogP contribution < -0.4 is 9.80 Å². The molecule has 7 heteroatoms. The van der Waals surface area contributed by atoms with Crippen LogP contribution in [0.15, 0.2) is 42.6 Å². The number of amides is 1. The van der Waals surface area contributed by atoms with Gasteiger partial charge in [0.1, 0.15) is 5.65 Å². The highest BCUT2D eigenvalue weighted by Crippen LogP contribution is 2.34. The first kappa shape index (κ1) is 21.5. The maximum absolute atomic E-state index is 12.4. The minimum absolute atomic E-state index is 0.304. The minimum atomic E-state index is 0.304. The summed E-state index contributed by atoms with van der Waals surface area (Å²) in [6, 6.07) is 13.3. The van der Waals surface area contributed by atoms with Gasteiger partial charge in [-0.05, 0) is 49.2 Å². The number of piperazine rings is 2. The molecule has 6 rings (SSSR count). The lowest BCUT2D eigenvalue weighted by Gasteiger charge is -2.36. The Morgan fingerprint density at radius 3 is 2.32 bits per heavy atom. The molecule has 2 aliphatic heterocycles. The Bertz CT molecular complexity index is 1150. The van der Waals surface area contributed by atoms with Crippen LogP contribution in [0.4, 0.5) is 11.4 Å². The molecule has 7 nitrogen and oxygen atoms in total. The van der Waals surface area contributed by atoms with Gasteiger partial charge in [0.2, 0.25) is 5.91 Å². The zero-order chi connectivity index (χ0) is 23.1. The number of aromatic amines is 1. The van der Waals surface area contributed by atoms with Crippen LogP contribution in [0.3, 0.4) is 0 Å². The molecule has 0 spiro atoms. The Balaban J connectivity index is 1.18. The number of H-pyrrole nitrogens is 1. The molecule has 1 amide bonds. The molecule has 3 fully saturated rings. The summed E-state index contributed by atoms with van der Waals surface area (Å²) >= 11 is 0. The van der Waals surface area contributed by atoms with Crippen molar-refractivity contribution in [3.63, 3.8) is 0 Å². The molecular formula is C27H34N6O. The van der Waals surface area contributed by atoms with Crippen molar-refractivity contribution in [2.45, 2.75) is 19.8 Å². The van der Waals surface area contributed by atoms with Gasteiger partial charge in [-0.25, -0.2) is 4.98 Å². The topological polar surface area (TPSA) is 58.7 Å². The second-order valence-corrected chi connectivity index (χ2v) is 9.83. The third-order valence-corrected chi connectivity index (χ3v) is 7.73. The number of hydrogen-bond donors (Lipinski definition) is 1. The van der Waals surface area contributed by atoms with E-state index in [2.05, 4.69) is 72.9 Å². The minimum Gasteiger partial charge on any atom is -0.369 e. The quantitative estimate of drug-likeness (QED) is 0.635. The van der Waals surface area contributed by atoms with E-state index in [9.17, 15) is 4.79 Å². The SMILES string of the molecule is CCN1CCN(c2ccc(-c3cc4c(N5CCN(C(=O)C6CC6)CC5)ccnc4[nH]3)cc2)CC1. The van der Waals surface area contributed by atoms with E-state index in [4.69, 9.17) is 0 Å². The maximum Gasteiger partial charge on any atom is 0.225 e. The zero-order valence-electron chi connectivity index (χ0n) is 20.0. The van der Waals surface area contributed by atoms with Crippen LogP contribution >= 0.6 is 0 Å². The molecule has 4 heterocycles. The van der Waals surface area contributed by atoms with E-state index in [0.717, 1.165) is 88.5 Å². The number of fused-ring (bicyclic) bond motifs is 1. The number of pyridine rings is 1. The van der Waals surface area contributed by atoms with Crippen molar-refractivity contribution >= 4 is 28.3 Å². The second-order valence-electron chi connectivity index (χ2n) is 9.83. The van der Waals surface area contributed by atoms with Crippen LogP contribution in [0.5, 0.6) is 0 Å². The molecule has 0 unspecified atom stereocenters. The molecular weight excluding hydrogens is 424 g/mol. The molecule has 2 saturated heterocycles. The van der Waals surface area contributed by atoms with E-state index in [1.165, 1.54) is 16.9 Å². The van der Waals surface area contributed by atoms with Crippen molar-refractivity contribution in [1.29, 1.82) is 0 Å². The van der Waals surface area contributed by atoms with Gasteiger partial charge >= 0.3 is 0 Å². The third-order valence-electron chi connectivity index (χ3n) is 7.73. The predicted molar refractivity (Wildman–Crippen MR) is 137 cm³/mol. The number of likely N-dealkylation sites (N-methyl/N-ethyl adjacent to an activating group) is 1. The number of anilines is 2. The average molecular weight is 459 g/mol. The predicted octanol–water partition coefficient (Wildman–Crippen LogP) is 3.43. The fourth-order valence-electron chi connectivity index (χ4n) is 5.37. The molecule has 0 atom stereocenters. The molecule has 1 aromatic carbocycles. The zero-order valence-corrected chi connectivity index (χ0v) is 20.0. The van der Waals surface area contributed by atoms with E-state index in [0.29, 0.717) is 11.8 Å². The lowest BCUT2D eigenvalue weighted by Crippen LogP contribution is -2.49. The third kappa shape index (κ3) is 4.13. The molecule has 34 heavy (non-hydrogen) atoms. The normalized spacial score (nSPS) is 19.7. The van der Waals surface area contributed by atoms with Crippen LogP contribution in [0.25, 0.3) is 22.3 Å². The van der Waals surface area contributed by atoms with Gasteiger partial charge in [-0.15, -0.1) is 0 Å². The summed E-state index contributed by atoms with van der Waals surface area (Å²) in [7, 11) is 0. The number of carbonyl (C=O) groups excluding carboxylic acids is 1. The van der Waals surface area contributed by atoms with Gasteiger partial charge in [0.25, 0.3) is 0 Å². The molecule has 0 radical (unpaired) electrons. The van der Waals surface area contributed by atoms with Crippen molar-refractivity contribution in [3.05, 3.63) is 42.6 Å². The number of rotatable bonds is 5. The second kappa shape index (κ2) is 8.95. The average Bonchev–Trinajstić information content (AvgIpc) is 3.66. The molecule has 178 valence electrons. The van der Waals surface area contributed by atoms with Crippen molar-refractivity contribution in [2.24, 2.45) is 5.92 Å². The number of aromatic nitrogens is 2. The lowest BCUT2D eigenvalue weighted by molar-refractivity contribution is -0.132. The van der Waals surface area contributed by atoms with Gasteiger partial charge in [-0.3, -0.25) is 4.79 Å². The first-order valence-electron chi connectivity index (χ1n) is 12.8. The highest BCUT2D eigenvalue weighted by molar-refractivity contribution is 5.94. The Morgan fingerprint density at radius 1 is 0.941 bits per heavy atom. The molecule has 1 N–H and O–H groups in total. The molecule has 2 aromatic heterocycles. The van der Waals surface area contributed by atoms with E-state index in [1.54, 1.807) is 0 Å². The number of hydrogen-bond acceptors (Lipinski definition) is 5. The fraction of sp³-hybridized carbons (Fsp3) is 0.481. The molecule has 1 saturated carbocycles. The maximum atomic E-state index is 12.4. The van der Waals surface area contributed by atoms with Gasteiger partial charge < -0.3 is 24.6 Å². The van der Waals surface area contributed by atoms with Crippen molar-refractivity contribution in [3.8, 4) is 11.3 Å². The van der Waals surface area contributed by atoms with Crippen molar-refractivity contribution in [1.82, 2.24) is 19.8 Å². The van der Waals surface area contributed by atoms with Gasteiger partial charge in [0.05, 0.1) is 0 Å². The summed E-state index contributed by atoms with van der Waals surface area (Å²) in [4.78, 5) is 30.0. The molecule has 3 aromatic rings. The first-order valence-corrected chi connectivity index (χ1v) is 12.8.